The molecule has 0 unspecified atom stereocenters. The number of anilines is 1. The molecule has 0 radical (unpaired) electrons. The number of rotatable bonds is 4. The van der Waals surface area contributed by atoms with Crippen molar-refractivity contribution < 1.29 is 9.26 Å². The van der Waals surface area contributed by atoms with Crippen molar-refractivity contribution in [2.24, 2.45) is 5.92 Å². The van der Waals surface area contributed by atoms with Crippen LogP contribution in [0.1, 0.15) is 22.6 Å². The highest BCUT2D eigenvalue weighted by molar-refractivity contribution is 5.94. The standard InChI is InChI=1S/C21H25N3O2/c1-13-5-6-18-19(7-8-22-21(18)15(13)3)24-11-16(20(12-24)25-4)10-17-9-14(2)23-26-17/h5-9,16,20H,10-12H2,1-4H3/t16-,20+/m1/s1. The van der Waals surface area contributed by atoms with Crippen LogP contribution in [0.5, 0.6) is 0 Å². The molecule has 3 heterocycles. The molecule has 3 aromatic rings. The molecule has 0 bridgehead atoms. The number of benzene rings is 1. The first kappa shape index (κ1) is 17.0. The maximum absolute atomic E-state index is 5.79. The third-order valence-corrected chi connectivity index (χ3v) is 5.58. The van der Waals surface area contributed by atoms with Crippen LogP contribution < -0.4 is 4.90 Å². The Bertz CT molecular complexity index is 934. The average Bonchev–Trinajstić information content (AvgIpc) is 3.24. The van der Waals surface area contributed by atoms with Crippen molar-refractivity contribution in [3.63, 3.8) is 0 Å². The number of fused-ring (bicyclic) bond motifs is 1. The molecule has 5 heteroatoms. The number of hydrogen-bond donors (Lipinski definition) is 0. The Morgan fingerprint density at radius 2 is 2.04 bits per heavy atom. The van der Waals surface area contributed by atoms with Crippen LogP contribution in [0.15, 0.2) is 35.0 Å². The van der Waals surface area contributed by atoms with Crippen LogP contribution in [0.2, 0.25) is 0 Å². The summed E-state index contributed by atoms with van der Waals surface area (Å²) < 4.78 is 11.2. The molecule has 2 aromatic heterocycles. The summed E-state index contributed by atoms with van der Waals surface area (Å²) in [6, 6.07) is 8.50. The summed E-state index contributed by atoms with van der Waals surface area (Å²) in [5.74, 6) is 1.31. The average molecular weight is 351 g/mol. The molecule has 26 heavy (non-hydrogen) atoms. The molecule has 4 rings (SSSR count). The highest BCUT2D eigenvalue weighted by Gasteiger charge is 2.34. The maximum atomic E-state index is 5.79. The molecule has 2 atom stereocenters. The number of pyridine rings is 1. The first-order valence-electron chi connectivity index (χ1n) is 9.11. The Morgan fingerprint density at radius 1 is 1.19 bits per heavy atom. The largest absolute Gasteiger partial charge is 0.379 e. The number of methoxy groups -OCH3 is 1. The molecule has 1 saturated heterocycles. The highest BCUT2D eigenvalue weighted by atomic mass is 16.5. The van der Waals surface area contributed by atoms with E-state index in [1.807, 2.05) is 19.2 Å². The predicted molar refractivity (Wildman–Crippen MR) is 103 cm³/mol. The van der Waals surface area contributed by atoms with Gasteiger partial charge in [0.2, 0.25) is 0 Å². The summed E-state index contributed by atoms with van der Waals surface area (Å²) in [4.78, 5) is 7.04. The Kier molecular flexibility index (Phi) is 4.41. The van der Waals surface area contributed by atoms with E-state index >= 15 is 0 Å². The maximum Gasteiger partial charge on any atom is 0.137 e. The van der Waals surface area contributed by atoms with Gasteiger partial charge in [-0.15, -0.1) is 0 Å². The zero-order valence-corrected chi connectivity index (χ0v) is 15.8. The van der Waals surface area contributed by atoms with Gasteiger partial charge in [-0.05, 0) is 38.0 Å². The van der Waals surface area contributed by atoms with Gasteiger partial charge in [0.05, 0.1) is 17.3 Å². The van der Waals surface area contributed by atoms with E-state index in [1.165, 1.54) is 22.2 Å². The van der Waals surface area contributed by atoms with E-state index in [9.17, 15) is 0 Å². The third kappa shape index (κ3) is 2.97. The molecular formula is C21H25N3O2. The van der Waals surface area contributed by atoms with Crippen LogP contribution in [0.3, 0.4) is 0 Å². The zero-order chi connectivity index (χ0) is 18.3. The van der Waals surface area contributed by atoms with Crippen LogP contribution >= 0.6 is 0 Å². The smallest absolute Gasteiger partial charge is 0.137 e. The SMILES string of the molecule is CO[C@H]1CN(c2ccnc3c(C)c(C)ccc23)C[C@H]1Cc1cc(C)no1. The van der Waals surface area contributed by atoms with Gasteiger partial charge >= 0.3 is 0 Å². The predicted octanol–water partition coefficient (Wildman–Crippen LogP) is 3.84. The fraction of sp³-hybridized carbons (Fsp3) is 0.429. The van der Waals surface area contributed by atoms with E-state index in [0.717, 1.165) is 36.5 Å². The van der Waals surface area contributed by atoms with Crippen molar-refractivity contribution in [3.05, 3.63) is 53.0 Å². The minimum Gasteiger partial charge on any atom is -0.379 e. The molecule has 1 aliphatic rings. The molecule has 136 valence electrons. The summed E-state index contributed by atoms with van der Waals surface area (Å²) in [6.07, 6.45) is 2.94. The highest BCUT2D eigenvalue weighted by Crippen LogP contribution is 2.34. The number of nitrogens with zero attached hydrogens (tertiary/aromatic N) is 3. The van der Waals surface area contributed by atoms with E-state index in [-0.39, 0.29) is 6.10 Å². The summed E-state index contributed by atoms with van der Waals surface area (Å²) in [5, 5.41) is 5.22. The van der Waals surface area contributed by atoms with E-state index < -0.39 is 0 Å². The number of hydrogen-bond acceptors (Lipinski definition) is 5. The van der Waals surface area contributed by atoms with Crippen molar-refractivity contribution in [2.45, 2.75) is 33.3 Å². The van der Waals surface area contributed by atoms with Crippen LogP contribution in [0.25, 0.3) is 10.9 Å². The van der Waals surface area contributed by atoms with Crippen molar-refractivity contribution in [1.82, 2.24) is 10.1 Å². The Labute approximate surface area is 154 Å². The second-order valence-electron chi connectivity index (χ2n) is 7.31. The van der Waals surface area contributed by atoms with Crippen molar-refractivity contribution in [3.8, 4) is 0 Å². The molecule has 5 nitrogen and oxygen atoms in total. The van der Waals surface area contributed by atoms with Crippen molar-refractivity contribution in [2.75, 3.05) is 25.1 Å². The summed E-state index contributed by atoms with van der Waals surface area (Å²) in [5.41, 5.74) is 5.77. The number of ether oxygens (including phenoxy) is 1. The third-order valence-electron chi connectivity index (χ3n) is 5.58. The number of aryl methyl sites for hydroxylation is 3. The molecule has 0 saturated carbocycles. The van der Waals surface area contributed by atoms with Crippen molar-refractivity contribution in [1.29, 1.82) is 0 Å². The molecule has 0 N–H and O–H groups in total. The second kappa shape index (κ2) is 6.72. The zero-order valence-electron chi connectivity index (χ0n) is 15.8. The van der Waals surface area contributed by atoms with Crippen LogP contribution in [0, 0.1) is 26.7 Å². The fourth-order valence-electron chi connectivity index (χ4n) is 3.99. The lowest BCUT2D eigenvalue weighted by Crippen LogP contribution is -2.23. The van der Waals surface area contributed by atoms with Crippen LogP contribution in [0.4, 0.5) is 5.69 Å². The Morgan fingerprint density at radius 3 is 2.77 bits per heavy atom. The van der Waals surface area contributed by atoms with Gasteiger partial charge in [-0.3, -0.25) is 4.98 Å². The first-order chi connectivity index (χ1) is 12.6. The molecule has 1 aliphatic heterocycles. The molecule has 0 amide bonds. The van der Waals surface area contributed by atoms with Gasteiger partial charge < -0.3 is 14.2 Å². The molecular weight excluding hydrogens is 326 g/mol. The van der Waals surface area contributed by atoms with E-state index in [4.69, 9.17) is 9.26 Å². The summed E-state index contributed by atoms with van der Waals surface area (Å²) in [7, 11) is 1.80. The summed E-state index contributed by atoms with van der Waals surface area (Å²) >= 11 is 0. The lowest BCUT2D eigenvalue weighted by Gasteiger charge is -2.21. The lowest BCUT2D eigenvalue weighted by molar-refractivity contribution is 0.0813. The molecule has 1 fully saturated rings. The molecule has 0 spiro atoms. The van der Waals surface area contributed by atoms with E-state index in [1.54, 1.807) is 7.11 Å². The van der Waals surface area contributed by atoms with Gasteiger partial charge in [0.25, 0.3) is 0 Å². The first-order valence-corrected chi connectivity index (χ1v) is 9.11. The molecule has 0 aliphatic carbocycles. The van der Waals surface area contributed by atoms with E-state index in [2.05, 4.69) is 47.1 Å². The van der Waals surface area contributed by atoms with Gasteiger partial charge in [0.15, 0.2) is 0 Å². The van der Waals surface area contributed by atoms with Crippen LogP contribution in [-0.2, 0) is 11.2 Å². The fourth-order valence-corrected chi connectivity index (χ4v) is 3.99. The Hall–Kier alpha value is -2.40. The topological polar surface area (TPSA) is 51.4 Å². The number of aromatic nitrogens is 2. The molecule has 1 aromatic carbocycles. The van der Waals surface area contributed by atoms with Gasteiger partial charge in [-0.25, -0.2) is 0 Å². The van der Waals surface area contributed by atoms with Gasteiger partial charge in [-0.2, -0.15) is 0 Å². The summed E-state index contributed by atoms with van der Waals surface area (Å²) in [6.45, 7) is 8.04. The lowest BCUT2D eigenvalue weighted by atomic mass is 10.0. The minimum atomic E-state index is 0.176. The normalized spacial score (nSPS) is 20.2. The van der Waals surface area contributed by atoms with Gasteiger partial charge in [0, 0.05) is 55.9 Å². The minimum absolute atomic E-state index is 0.176. The Balaban J connectivity index is 1.64. The second-order valence-corrected chi connectivity index (χ2v) is 7.31. The van der Waals surface area contributed by atoms with Gasteiger partial charge in [-0.1, -0.05) is 17.3 Å². The van der Waals surface area contributed by atoms with Gasteiger partial charge in [0.1, 0.15) is 5.76 Å². The van der Waals surface area contributed by atoms with E-state index in [0.29, 0.717) is 5.92 Å². The van der Waals surface area contributed by atoms with Crippen molar-refractivity contribution >= 4 is 16.6 Å². The monoisotopic (exact) mass is 351 g/mol. The van der Waals surface area contributed by atoms with Crippen LogP contribution in [-0.4, -0.2) is 36.4 Å². The quantitative estimate of drug-likeness (QED) is 0.715.